The summed E-state index contributed by atoms with van der Waals surface area (Å²) in [4.78, 5) is 10.8. The highest BCUT2D eigenvalue weighted by molar-refractivity contribution is 5.72. The van der Waals surface area contributed by atoms with Crippen molar-refractivity contribution >= 4 is 5.97 Å². The summed E-state index contributed by atoms with van der Waals surface area (Å²) in [6.07, 6.45) is 4.39. The fourth-order valence-electron chi connectivity index (χ4n) is 1.22. The molecule has 16 heavy (non-hydrogen) atoms. The predicted octanol–water partition coefficient (Wildman–Crippen LogP) is 2.84. The van der Waals surface area contributed by atoms with Crippen LogP contribution in [0.15, 0.2) is 0 Å². The average molecular weight is 226 g/mol. The maximum absolute atomic E-state index is 10.8. The molecule has 0 rings (SSSR count). The van der Waals surface area contributed by atoms with Gasteiger partial charge < -0.3 is 9.84 Å². The van der Waals surface area contributed by atoms with Gasteiger partial charge in [-0.3, -0.25) is 0 Å². The van der Waals surface area contributed by atoms with E-state index in [4.69, 9.17) is 9.84 Å². The van der Waals surface area contributed by atoms with E-state index in [1.807, 2.05) is 6.92 Å². The molecule has 0 fully saturated rings. The number of carboxylic acid groups (broad SMARTS) is 1. The number of ether oxygens (including phenoxy) is 1. The zero-order valence-corrected chi connectivity index (χ0v) is 10.3. The van der Waals surface area contributed by atoms with Crippen LogP contribution in [0.5, 0.6) is 0 Å². The van der Waals surface area contributed by atoms with E-state index in [0.29, 0.717) is 19.4 Å². The predicted molar refractivity (Wildman–Crippen MR) is 64.2 cm³/mol. The third kappa shape index (κ3) is 8.31. The van der Waals surface area contributed by atoms with Crippen molar-refractivity contribution in [1.82, 2.24) is 0 Å². The van der Waals surface area contributed by atoms with Crippen LogP contribution in [0.2, 0.25) is 0 Å². The standard InChI is InChI=1S/C13H22O3/c1-3-5-7-8-9-11-16-12(13(14)15)10-6-4-2/h12H,3-6,9-11H2,1-2H3,(H,14,15). The molecule has 0 spiro atoms. The van der Waals surface area contributed by atoms with E-state index in [1.54, 1.807) is 0 Å². The first-order valence-electron chi connectivity index (χ1n) is 6.02. The van der Waals surface area contributed by atoms with Crippen LogP contribution in [0.4, 0.5) is 0 Å². The van der Waals surface area contributed by atoms with Crippen molar-refractivity contribution in [2.45, 2.75) is 58.5 Å². The Bertz CT molecular complexity index is 237. The van der Waals surface area contributed by atoms with Gasteiger partial charge in [0.25, 0.3) is 0 Å². The van der Waals surface area contributed by atoms with E-state index >= 15 is 0 Å². The van der Waals surface area contributed by atoms with E-state index in [2.05, 4.69) is 18.8 Å². The summed E-state index contributed by atoms with van der Waals surface area (Å²) in [5.41, 5.74) is 0. The molecule has 0 heterocycles. The van der Waals surface area contributed by atoms with E-state index in [-0.39, 0.29) is 0 Å². The van der Waals surface area contributed by atoms with Gasteiger partial charge in [0.05, 0.1) is 6.61 Å². The van der Waals surface area contributed by atoms with Gasteiger partial charge in [0, 0.05) is 12.8 Å². The Labute approximate surface area is 98.2 Å². The molecule has 1 unspecified atom stereocenters. The molecule has 3 nitrogen and oxygen atoms in total. The van der Waals surface area contributed by atoms with Crippen LogP contribution in [0.25, 0.3) is 0 Å². The lowest BCUT2D eigenvalue weighted by molar-refractivity contribution is -0.150. The zero-order chi connectivity index (χ0) is 12.2. The molecular weight excluding hydrogens is 204 g/mol. The molecule has 1 N–H and O–H groups in total. The first-order chi connectivity index (χ1) is 7.72. The van der Waals surface area contributed by atoms with Crippen molar-refractivity contribution in [2.75, 3.05) is 6.61 Å². The first-order valence-corrected chi connectivity index (χ1v) is 6.02. The lowest BCUT2D eigenvalue weighted by Gasteiger charge is -2.11. The van der Waals surface area contributed by atoms with Crippen molar-refractivity contribution in [3.05, 3.63) is 0 Å². The van der Waals surface area contributed by atoms with Crippen LogP contribution in [0, 0.1) is 11.8 Å². The molecule has 0 saturated carbocycles. The van der Waals surface area contributed by atoms with Crippen molar-refractivity contribution in [1.29, 1.82) is 0 Å². The lowest BCUT2D eigenvalue weighted by Crippen LogP contribution is -2.24. The van der Waals surface area contributed by atoms with E-state index in [9.17, 15) is 4.79 Å². The Morgan fingerprint density at radius 1 is 1.25 bits per heavy atom. The quantitative estimate of drug-likeness (QED) is 0.511. The van der Waals surface area contributed by atoms with Crippen LogP contribution in [-0.4, -0.2) is 23.8 Å². The van der Waals surface area contributed by atoms with Crippen LogP contribution in [0.3, 0.4) is 0 Å². The second-order valence-electron chi connectivity index (χ2n) is 3.69. The molecule has 0 aliphatic rings. The van der Waals surface area contributed by atoms with Crippen molar-refractivity contribution < 1.29 is 14.6 Å². The Kier molecular flexibility index (Phi) is 9.84. The number of hydrogen-bond donors (Lipinski definition) is 1. The summed E-state index contributed by atoms with van der Waals surface area (Å²) in [5.74, 6) is 5.11. The van der Waals surface area contributed by atoms with Gasteiger partial charge in [-0.25, -0.2) is 4.79 Å². The zero-order valence-electron chi connectivity index (χ0n) is 10.3. The maximum atomic E-state index is 10.8. The topological polar surface area (TPSA) is 46.5 Å². The second-order valence-corrected chi connectivity index (χ2v) is 3.69. The minimum Gasteiger partial charge on any atom is -0.479 e. The highest BCUT2D eigenvalue weighted by atomic mass is 16.5. The summed E-state index contributed by atoms with van der Waals surface area (Å²) in [5, 5.41) is 8.88. The number of hydrogen-bond acceptors (Lipinski definition) is 2. The molecule has 0 aromatic carbocycles. The van der Waals surface area contributed by atoms with Gasteiger partial charge in [-0.2, -0.15) is 0 Å². The Morgan fingerprint density at radius 3 is 2.50 bits per heavy atom. The summed E-state index contributed by atoms with van der Waals surface area (Å²) in [6, 6.07) is 0. The van der Waals surface area contributed by atoms with Crippen LogP contribution < -0.4 is 0 Å². The SMILES string of the molecule is CCCC#CCCOC(CCCC)C(=O)O. The Hall–Kier alpha value is -1.01. The number of carbonyl (C=O) groups is 1. The largest absolute Gasteiger partial charge is 0.479 e. The van der Waals surface area contributed by atoms with Gasteiger partial charge >= 0.3 is 5.97 Å². The minimum absolute atomic E-state index is 0.414. The summed E-state index contributed by atoms with van der Waals surface area (Å²) in [7, 11) is 0. The summed E-state index contributed by atoms with van der Waals surface area (Å²) in [6.45, 7) is 4.53. The summed E-state index contributed by atoms with van der Waals surface area (Å²) < 4.78 is 5.28. The fraction of sp³-hybridized carbons (Fsp3) is 0.769. The third-order valence-corrected chi connectivity index (χ3v) is 2.14. The van der Waals surface area contributed by atoms with Gasteiger partial charge in [0.15, 0.2) is 6.10 Å². The smallest absolute Gasteiger partial charge is 0.332 e. The fourth-order valence-corrected chi connectivity index (χ4v) is 1.22. The maximum Gasteiger partial charge on any atom is 0.332 e. The second kappa shape index (κ2) is 10.5. The first kappa shape index (κ1) is 15.0. The van der Waals surface area contributed by atoms with Crippen molar-refractivity contribution in [2.24, 2.45) is 0 Å². The molecule has 92 valence electrons. The van der Waals surface area contributed by atoms with Gasteiger partial charge in [-0.05, 0) is 12.8 Å². The molecule has 3 heteroatoms. The van der Waals surface area contributed by atoms with E-state index in [1.165, 1.54) is 0 Å². The van der Waals surface area contributed by atoms with Crippen LogP contribution in [-0.2, 0) is 9.53 Å². The highest BCUT2D eigenvalue weighted by Crippen LogP contribution is 2.05. The average Bonchev–Trinajstić information content (AvgIpc) is 2.26. The molecule has 0 aliphatic heterocycles. The van der Waals surface area contributed by atoms with Crippen molar-refractivity contribution in [3.63, 3.8) is 0 Å². The molecule has 0 aromatic heterocycles. The minimum atomic E-state index is -0.866. The highest BCUT2D eigenvalue weighted by Gasteiger charge is 2.16. The number of unbranched alkanes of at least 4 members (excludes halogenated alkanes) is 2. The number of carboxylic acids is 1. The third-order valence-electron chi connectivity index (χ3n) is 2.14. The molecular formula is C13H22O3. The van der Waals surface area contributed by atoms with Gasteiger partial charge in [0.2, 0.25) is 0 Å². The lowest BCUT2D eigenvalue weighted by atomic mass is 10.1. The molecule has 1 atom stereocenters. The van der Waals surface area contributed by atoms with E-state index in [0.717, 1.165) is 25.7 Å². The monoisotopic (exact) mass is 226 g/mol. The molecule has 0 radical (unpaired) electrons. The van der Waals surface area contributed by atoms with Crippen molar-refractivity contribution in [3.8, 4) is 11.8 Å². The molecule has 0 saturated heterocycles. The number of rotatable bonds is 8. The van der Waals surface area contributed by atoms with Crippen LogP contribution >= 0.6 is 0 Å². The van der Waals surface area contributed by atoms with Gasteiger partial charge in [-0.1, -0.05) is 26.7 Å². The number of aliphatic carboxylic acids is 1. The Morgan fingerprint density at radius 2 is 1.94 bits per heavy atom. The molecule has 0 aromatic rings. The molecule has 0 bridgehead atoms. The summed E-state index contributed by atoms with van der Waals surface area (Å²) >= 11 is 0. The van der Waals surface area contributed by atoms with Gasteiger partial charge in [-0.15, -0.1) is 11.8 Å². The molecule has 0 aliphatic carbocycles. The normalized spacial score (nSPS) is 11.6. The molecule has 0 amide bonds. The Balaban J connectivity index is 3.69. The van der Waals surface area contributed by atoms with E-state index < -0.39 is 12.1 Å². The van der Waals surface area contributed by atoms with Crippen LogP contribution in [0.1, 0.15) is 52.4 Å². The van der Waals surface area contributed by atoms with Gasteiger partial charge in [0.1, 0.15) is 0 Å².